The lowest BCUT2D eigenvalue weighted by Crippen LogP contribution is -2.38. The van der Waals surface area contributed by atoms with Gasteiger partial charge in [-0.05, 0) is 75.3 Å². The molecule has 0 aromatic heterocycles. The molecule has 1 aliphatic carbocycles. The number of ether oxygens (including phenoxy) is 3. The number of cyclic esters (lactones) is 1. The highest BCUT2D eigenvalue weighted by Gasteiger charge is 2.36. The Morgan fingerprint density at radius 3 is 2.78 bits per heavy atom. The fraction of sp³-hybridized carbons (Fsp3) is 0.720. The number of amides is 1. The van der Waals surface area contributed by atoms with Crippen LogP contribution in [0.15, 0.2) is 22.7 Å². The molecule has 178 valence electrons. The summed E-state index contributed by atoms with van der Waals surface area (Å²) >= 11 is 3.70. The minimum atomic E-state index is -0.260. The summed E-state index contributed by atoms with van der Waals surface area (Å²) in [5, 5.41) is 0. The van der Waals surface area contributed by atoms with E-state index in [9.17, 15) is 4.79 Å². The molecule has 6 nitrogen and oxygen atoms in total. The van der Waals surface area contributed by atoms with Crippen LogP contribution in [0.1, 0.15) is 57.4 Å². The standard InChI is InChI=1S/C25H37BrN2O4/c1-18(30-2)31-22-8-9-24(26)20(15-22)14-19-10-12-27(16-19)13-11-23-17-28(25(29)32-23)21-6-4-3-5-7-21/h8-9,15,18-19,21,23H,3-7,10-14,16-17H2,1-2H3. The zero-order valence-electron chi connectivity index (χ0n) is 19.4. The molecular weight excluding hydrogens is 472 g/mol. The lowest BCUT2D eigenvalue weighted by atomic mass is 9.94. The number of nitrogens with zero attached hydrogens (tertiary/aromatic N) is 2. The van der Waals surface area contributed by atoms with Crippen molar-refractivity contribution in [2.75, 3.05) is 33.3 Å². The molecular formula is C25H37BrN2O4. The first-order valence-electron chi connectivity index (χ1n) is 12.2. The highest BCUT2D eigenvalue weighted by molar-refractivity contribution is 9.10. The number of methoxy groups -OCH3 is 1. The SMILES string of the molecule is COC(C)Oc1ccc(Br)c(CC2CCN(CCC3CN(C4CCCCC4)C(=O)O3)C2)c1. The lowest BCUT2D eigenvalue weighted by molar-refractivity contribution is -0.0383. The van der Waals surface area contributed by atoms with Crippen LogP contribution < -0.4 is 4.74 Å². The van der Waals surface area contributed by atoms with Gasteiger partial charge in [-0.2, -0.15) is 0 Å². The van der Waals surface area contributed by atoms with Crippen LogP contribution in [0.5, 0.6) is 5.75 Å². The van der Waals surface area contributed by atoms with Gasteiger partial charge in [-0.3, -0.25) is 0 Å². The second-order valence-corrected chi connectivity index (χ2v) is 10.4. The molecule has 2 aliphatic heterocycles. The van der Waals surface area contributed by atoms with Gasteiger partial charge in [0, 0.05) is 30.7 Å². The number of hydrogen-bond acceptors (Lipinski definition) is 5. The van der Waals surface area contributed by atoms with Crippen molar-refractivity contribution in [1.82, 2.24) is 9.80 Å². The Kier molecular flexibility index (Phi) is 8.35. The first-order valence-corrected chi connectivity index (χ1v) is 13.0. The van der Waals surface area contributed by atoms with Crippen LogP contribution >= 0.6 is 15.9 Å². The predicted molar refractivity (Wildman–Crippen MR) is 128 cm³/mol. The molecule has 32 heavy (non-hydrogen) atoms. The Hall–Kier alpha value is -1.31. The summed E-state index contributed by atoms with van der Waals surface area (Å²) < 4.78 is 17.9. The highest BCUT2D eigenvalue weighted by atomic mass is 79.9. The van der Waals surface area contributed by atoms with Gasteiger partial charge >= 0.3 is 6.09 Å². The van der Waals surface area contributed by atoms with E-state index in [2.05, 4.69) is 33.0 Å². The Labute approximate surface area is 200 Å². The molecule has 7 heteroatoms. The normalized spacial score (nSPS) is 25.8. The summed E-state index contributed by atoms with van der Waals surface area (Å²) in [6.45, 7) is 5.89. The maximum atomic E-state index is 12.3. The average molecular weight is 509 g/mol. The number of likely N-dealkylation sites (tertiary alicyclic amines) is 1. The third-order valence-electron chi connectivity index (χ3n) is 7.21. The number of halogens is 1. The van der Waals surface area contributed by atoms with Crippen LogP contribution in [0.3, 0.4) is 0 Å². The van der Waals surface area contributed by atoms with Gasteiger partial charge in [0.1, 0.15) is 11.9 Å². The molecule has 2 saturated heterocycles. The Balaban J connectivity index is 1.22. The van der Waals surface area contributed by atoms with E-state index in [4.69, 9.17) is 14.2 Å². The van der Waals surface area contributed by atoms with E-state index in [0.717, 1.165) is 62.1 Å². The van der Waals surface area contributed by atoms with Crippen LogP contribution in [0.25, 0.3) is 0 Å². The first kappa shape index (κ1) is 23.8. The molecule has 1 aromatic rings. The van der Waals surface area contributed by atoms with Crippen LogP contribution in [-0.4, -0.2) is 67.6 Å². The third-order valence-corrected chi connectivity index (χ3v) is 7.99. The highest BCUT2D eigenvalue weighted by Crippen LogP contribution is 2.30. The zero-order valence-corrected chi connectivity index (χ0v) is 21.0. The van der Waals surface area contributed by atoms with Gasteiger partial charge in [0.15, 0.2) is 6.29 Å². The number of benzene rings is 1. The largest absolute Gasteiger partial charge is 0.465 e. The maximum absolute atomic E-state index is 12.3. The molecule has 0 N–H and O–H groups in total. The van der Waals surface area contributed by atoms with Gasteiger partial charge in [-0.1, -0.05) is 35.2 Å². The first-order chi connectivity index (χ1) is 15.5. The topological polar surface area (TPSA) is 51.2 Å². The average Bonchev–Trinajstić information content (AvgIpc) is 3.41. The van der Waals surface area contributed by atoms with E-state index >= 15 is 0 Å². The van der Waals surface area contributed by atoms with Crippen molar-refractivity contribution in [3.05, 3.63) is 28.2 Å². The molecule has 1 amide bonds. The van der Waals surface area contributed by atoms with Crippen LogP contribution in [0.2, 0.25) is 0 Å². The molecule has 0 spiro atoms. The van der Waals surface area contributed by atoms with Gasteiger partial charge in [0.25, 0.3) is 0 Å². The van der Waals surface area contributed by atoms with Crippen molar-refractivity contribution in [2.45, 2.75) is 76.7 Å². The number of hydrogen-bond donors (Lipinski definition) is 0. The van der Waals surface area contributed by atoms with Crippen molar-refractivity contribution < 1.29 is 19.0 Å². The van der Waals surface area contributed by atoms with Crippen LogP contribution in [0.4, 0.5) is 4.79 Å². The van der Waals surface area contributed by atoms with E-state index in [-0.39, 0.29) is 18.5 Å². The molecule has 1 saturated carbocycles. The van der Waals surface area contributed by atoms with Gasteiger partial charge in [0.2, 0.25) is 0 Å². The number of carbonyl (C=O) groups excluding carboxylic acids is 1. The molecule has 3 fully saturated rings. The summed E-state index contributed by atoms with van der Waals surface area (Å²) in [6.07, 6.45) is 8.94. The second kappa shape index (κ2) is 11.2. The van der Waals surface area contributed by atoms with Crippen molar-refractivity contribution >= 4 is 22.0 Å². The maximum Gasteiger partial charge on any atom is 0.410 e. The second-order valence-electron chi connectivity index (χ2n) is 9.57. The van der Waals surface area contributed by atoms with E-state index < -0.39 is 0 Å². The minimum absolute atomic E-state index is 0.0502. The lowest BCUT2D eigenvalue weighted by Gasteiger charge is -2.29. The van der Waals surface area contributed by atoms with E-state index in [1.165, 1.54) is 31.2 Å². The van der Waals surface area contributed by atoms with Crippen LogP contribution in [0, 0.1) is 5.92 Å². The quantitative estimate of drug-likeness (QED) is 0.427. The van der Waals surface area contributed by atoms with Gasteiger partial charge in [-0.25, -0.2) is 4.79 Å². The molecule has 3 atom stereocenters. The zero-order chi connectivity index (χ0) is 22.5. The molecule has 0 bridgehead atoms. The van der Waals surface area contributed by atoms with Crippen molar-refractivity contribution in [2.24, 2.45) is 5.92 Å². The summed E-state index contributed by atoms with van der Waals surface area (Å²) in [5.41, 5.74) is 1.28. The Morgan fingerprint density at radius 2 is 2.00 bits per heavy atom. The van der Waals surface area contributed by atoms with Gasteiger partial charge < -0.3 is 24.0 Å². The van der Waals surface area contributed by atoms with E-state index in [0.29, 0.717) is 12.0 Å². The smallest absolute Gasteiger partial charge is 0.410 e. The fourth-order valence-corrected chi connectivity index (χ4v) is 5.73. The summed E-state index contributed by atoms with van der Waals surface area (Å²) in [4.78, 5) is 16.9. The third kappa shape index (κ3) is 6.17. The minimum Gasteiger partial charge on any atom is -0.465 e. The van der Waals surface area contributed by atoms with Gasteiger partial charge in [-0.15, -0.1) is 0 Å². The van der Waals surface area contributed by atoms with Gasteiger partial charge in [0.05, 0.1) is 6.54 Å². The van der Waals surface area contributed by atoms with Crippen molar-refractivity contribution in [3.63, 3.8) is 0 Å². The Bertz CT molecular complexity index is 770. The van der Waals surface area contributed by atoms with Crippen molar-refractivity contribution in [3.8, 4) is 5.75 Å². The Morgan fingerprint density at radius 1 is 1.19 bits per heavy atom. The molecule has 0 radical (unpaired) electrons. The summed E-state index contributed by atoms with van der Waals surface area (Å²) in [6, 6.07) is 6.57. The van der Waals surface area contributed by atoms with Crippen molar-refractivity contribution in [1.29, 1.82) is 0 Å². The molecule has 4 rings (SSSR count). The number of rotatable bonds is 9. The van der Waals surface area contributed by atoms with E-state index in [1.54, 1.807) is 7.11 Å². The monoisotopic (exact) mass is 508 g/mol. The predicted octanol–water partition coefficient (Wildman–Crippen LogP) is 5.23. The van der Waals surface area contributed by atoms with E-state index in [1.807, 2.05) is 17.9 Å². The summed E-state index contributed by atoms with van der Waals surface area (Å²) in [5.74, 6) is 1.48. The molecule has 1 aromatic carbocycles. The summed E-state index contributed by atoms with van der Waals surface area (Å²) in [7, 11) is 1.65. The molecule has 3 aliphatic rings. The van der Waals surface area contributed by atoms with Crippen LogP contribution in [-0.2, 0) is 15.9 Å². The fourth-order valence-electron chi connectivity index (χ4n) is 5.32. The molecule has 3 unspecified atom stereocenters. The number of carbonyl (C=O) groups is 1. The molecule has 2 heterocycles.